The molecule has 2 amide bonds. The third-order valence-corrected chi connectivity index (χ3v) is 4.74. The molecule has 5 N–H and O–H groups in total. The SMILES string of the molecule is Nc1ncc(-c2ccc(NC(=O)NCCO)cc2)nc1OCCc1c(F)ccc(F)c1Cl. The van der Waals surface area contributed by atoms with E-state index in [0.717, 1.165) is 12.1 Å². The first kappa shape index (κ1) is 23.2. The normalized spacial score (nSPS) is 10.6. The van der Waals surface area contributed by atoms with Gasteiger partial charge in [-0.3, -0.25) is 0 Å². The Hall–Kier alpha value is -3.50. The summed E-state index contributed by atoms with van der Waals surface area (Å²) in [6, 6.07) is 8.28. The number of ether oxygens (including phenoxy) is 1. The van der Waals surface area contributed by atoms with Gasteiger partial charge in [0.25, 0.3) is 5.88 Å². The number of urea groups is 1. The van der Waals surface area contributed by atoms with Crippen LogP contribution in [0.4, 0.5) is 25.1 Å². The largest absolute Gasteiger partial charge is 0.475 e. The molecule has 0 bridgehead atoms. The number of nitrogens with zero attached hydrogens (tertiary/aromatic N) is 2. The van der Waals surface area contributed by atoms with Gasteiger partial charge in [0.15, 0.2) is 5.82 Å². The number of hydrogen-bond acceptors (Lipinski definition) is 6. The number of carbonyl (C=O) groups is 1. The van der Waals surface area contributed by atoms with Crippen LogP contribution in [-0.2, 0) is 6.42 Å². The van der Waals surface area contributed by atoms with Crippen molar-refractivity contribution in [2.45, 2.75) is 6.42 Å². The molecular weight excluding hydrogens is 444 g/mol. The van der Waals surface area contributed by atoms with E-state index >= 15 is 0 Å². The molecule has 3 aromatic rings. The van der Waals surface area contributed by atoms with Crippen LogP contribution in [0, 0.1) is 11.6 Å². The second-order valence-electron chi connectivity index (χ2n) is 6.55. The summed E-state index contributed by atoms with van der Waals surface area (Å²) in [6.07, 6.45) is 1.47. The van der Waals surface area contributed by atoms with Crippen LogP contribution in [0.5, 0.6) is 5.88 Å². The average Bonchev–Trinajstić information content (AvgIpc) is 2.79. The first-order chi connectivity index (χ1) is 15.4. The monoisotopic (exact) mass is 463 g/mol. The molecule has 0 radical (unpaired) electrons. The Morgan fingerprint density at radius 1 is 1.16 bits per heavy atom. The molecule has 3 rings (SSSR count). The van der Waals surface area contributed by atoms with Gasteiger partial charge in [0.1, 0.15) is 11.6 Å². The van der Waals surface area contributed by atoms with Crippen LogP contribution in [0.25, 0.3) is 11.3 Å². The summed E-state index contributed by atoms with van der Waals surface area (Å²) in [5.74, 6) is -1.26. The van der Waals surface area contributed by atoms with E-state index in [1.807, 2.05) is 0 Å². The lowest BCUT2D eigenvalue weighted by Crippen LogP contribution is -2.30. The van der Waals surface area contributed by atoms with Gasteiger partial charge in [-0.25, -0.2) is 23.5 Å². The van der Waals surface area contributed by atoms with Crippen LogP contribution in [0.3, 0.4) is 0 Å². The first-order valence-electron chi connectivity index (χ1n) is 9.53. The van der Waals surface area contributed by atoms with Gasteiger partial charge < -0.3 is 26.2 Å². The summed E-state index contributed by atoms with van der Waals surface area (Å²) in [6.45, 7) is -0.0587. The highest BCUT2D eigenvalue weighted by atomic mass is 35.5. The smallest absolute Gasteiger partial charge is 0.319 e. The number of benzene rings is 2. The molecule has 0 saturated carbocycles. The summed E-state index contributed by atoms with van der Waals surface area (Å²) in [5, 5.41) is 13.5. The first-order valence-corrected chi connectivity index (χ1v) is 9.90. The number of carbonyl (C=O) groups excluding carboxylic acids is 1. The van der Waals surface area contributed by atoms with Crippen LogP contribution < -0.4 is 21.1 Å². The predicted octanol–water partition coefficient (Wildman–Crippen LogP) is 3.39. The van der Waals surface area contributed by atoms with Gasteiger partial charge in [-0.05, 0) is 24.3 Å². The van der Waals surface area contributed by atoms with Crippen LogP contribution in [0.1, 0.15) is 5.56 Å². The number of aliphatic hydroxyl groups excluding tert-OH is 1. The Kier molecular flexibility index (Phi) is 7.74. The maximum atomic E-state index is 13.9. The number of nitrogen functional groups attached to an aromatic ring is 1. The summed E-state index contributed by atoms with van der Waals surface area (Å²) >= 11 is 5.82. The van der Waals surface area contributed by atoms with E-state index in [9.17, 15) is 13.6 Å². The van der Waals surface area contributed by atoms with Crippen LogP contribution >= 0.6 is 11.6 Å². The average molecular weight is 464 g/mol. The van der Waals surface area contributed by atoms with E-state index < -0.39 is 17.7 Å². The molecule has 0 fully saturated rings. The number of nitrogens with one attached hydrogen (secondary N) is 2. The van der Waals surface area contributed by atoms with Crippen molar-refractivity contribution in [1.82, 2.24) is 15.3 Å². The zero-order valence-electron chi connectivity index (χ0n) is 16.7. The van der Waals surface area contributed by atoms with Gasteiger partial charge >= 0.3 is 6.03 Å². The highest BCUT2D eigenvalue weighted by Crippen LogP contribution is 2.26. The number of amides is 2. The van der Waals surface area contributed by atoms with Crippen molar-refractivity contribution in [3.8, 4) is 17.1 Å². The van der Waals surface area contributed by atoms with E-state index in [0.29, 0.717) is 16.9 Å². The number of aromatic nitrogens is 2. The quantitative estimate of drug-likeness (QED) is 0.380. The number of anilines is 2. The molecule has 0 saturated heterocycles. The van der Waals surface area contributed by atoms with Crippen molar-refractivity contribution < 1.29 is 23.4 Å². The van der Waals surface area contributed by atoms with Crippen LogP contribution in [0.2, 0.25) is 5.02 Å². The third-order valence-electron chi connectivity index (χ3n) is 4.33. The highest BCUT2D eigenvalue weighted by molar-refractivity contribution is 6.31. The number of rotatable bonds is 8. The topological polar surface area (TPSA) is 122 Å². The highest BCUT2D eigenvalue weighted by Gasteiger charge is 2.14. The molecule has 2 aromatic carbocycles. The Balaban J connectivity index is 1.67. The number of nitrogens with two attached hydrogens (primary N) is 1. The molecule has 0 aliphatic rings. The third kappa shape index (κ3) is 5.80. The molecule has 0 unspecified atom stereocenters. The number of halogens is 3. The lowest BCUT2D eigenvalue weighted by molar-refractivity contribution is 0.245. The van der Waals surface area contributed by atoms with Crippen molar-refractivity contribution in [2.24, 2.45) is 0 Å². The minimum Gasteiger partial charge on any atom is -0.475 e. The lowest BCUT2D eigenvalue weighted by atomic mass is 10.1. The molecule has 0 aliphatic heterocycles. The van der Waals surface area contributed by atoms with Gasteiger partial charge in [-0.2, -0.15) is 0 Å². The van der Waals surface area contributed by atoms with Gasteiger partial charge in [0, 0.05) is 29.8 Å². The molecular formula is C21H20ClF2N5O3. The summed E-state index contributed by atoms with van der Waals surface area (Å²) < 4.78 is 33.0. The molecule has 1 aromatic heterocycles. The van der Waals surface area contributed by atoms with Gasteiger partial charge in [-0.1, -0.05) is 23.7 Å². The van der Waals surface area contributed by atoms with Crippen molar-refractivity contribution in [3.05, 3.63) is 64.8 Å². The fraction of sp³-hybridized carbons (Fsp3) is 0.190. The Bertz CT molecular complexity index is 1100. The second-order valence-corrected chi connectivity index (χ2v) is 6.93. The Labute approximate surface area is 187 Å². The maximum Gasteiger partial charge on any atom is 0.319 e. The molecule has 32 heavy (non-hydrogen) atoms. The molecule has 11 heteroatoms. The summed E-state index contributed by atoms with van der Waals surface area (Å²) in [4.78, 5) is 20.0. The van der Waals surface area contributed by atoms with E-state index in [1.54, 1.807) is 24.3 Å². The summed E-state index contributed by atoms with van der Waals surface area (Å²) in [5.41, 5.74) is 7.50. The Morgan fingerprint density at radius 3 is 2.59 bits per heavy atom. The van der Waals surface area contributed by atoms with Crippen molar-refractivity contribution >= 4 is 29.1 Å². The Morgan fingerprint density at radius 2 is 1.88 bits per heavy atom. The minimum absolute atomic E-state index is 0.000432. The fourth-order valence-electron chi connectivity index (χ4n) is 2.74. The predicted molar refractivity (Wildman–Crippen MR) is 117 cm³/mol. The lowest BCUT2D eigenvalue weighted by Gasteiger charge is -2.11. The molecule has 1 heterocycles. The van der Waals surface area contributed by atoms with Crippen molar-refractivity contribution in [3.63, 3.8) is 0 Å². The molecule has 0 atom stereocenters. The maximum absolute atomic E-state index is 13.9. The number of hydrogen-bond donors (Lipinski definition) is 4. The number of aliphatic hydroxyl groups is 1. The molecule has 8 nitrogen and oxygen atoms in total. The second kappa shape index (κ2) is 10.7. The van der Waals surface area contributed by atoms with Gasteiger partial charge in [0.05, 0.1) is 30.1 Å². The standard InChI is InChI=1S/C21H20ClF2N5O3/c22-18-14(15(23)5-6-16(18)24)7-10-32-20-19(25)27-11-17(29-20)12-1-3-13(4-2-12)28-21(31)26-8-9-30/h1-6,11,30H,7-10H2,(H2,25,27)(H2,26,28,31). The van der Waals surface area contributed by atoms with Crippen molar-refractivity contribution in [1.29, 1.82) is 0 Å². The van der Waals surface area contributed by atoms with Gasteiger partial charge in [-0.15, -0.1) is 0 Å². The van der Waals surface area contributed by atoms with Crippen LogP contribution in [0.15, 0.2) is 42.6 Å². The zero-order valence-corrected chi connectivity index (χ0v) is 17.5. The van der Waals surface area contributed by atoms with E-state index in [1.165, 1.54) is 6.20 Å². The molecule has 0 spiro atoms. The fourth-order valence-corrected chi connectivity index (χ4v) is 2.99. The van der Waals surface area contributed by atoms with Crippen molar-refractivity contribution in [2.75, 3.05) is 30.8 Å². The van der Waals surface area contributed by atoms with Gasteiger partial charge in [0.2, 0.25) is 0 Å². The molecule has 0 aliphatic carbocycles. The van der Waals surface area contributed by atoms with E-state index in [2.05, 4.69) is 20.6 Å². The molecule has 168 valence electrons. The minimum atomic E-state index is -0.715. The zero-order chi connectivity index (χ0) is 23.1. The van der Waals surface area contributed by atoms with E-state index in [4.69, 9.17) is 27.2 Å². The van der Waals surface area contributed by atoms with E-state index in [-0.39, 0.29) is 48.5 Å². The summed E-state index contributed by atoms with van der Waals surface area (Å²) in [7, 11) is 0. The van der Waals surface area contributed by atoms with Crippen LogP contribution in [-0.4, -0.2) is 40.9 Å².